The second-order valence-electron chi connectivity index (χ2n) is 6.61. The largest absolute Gasteiger partial charge is 0.357 e. The van der Waals surface area contributed by atoms with Gasteiger partial charge < -0.3 is 10.6 Å². The Morgan fingerprint density at radius 1 is 1.20 bits per heavy atom. The summed E-state index contributed by atoms with van der Waals surface area (Å²) in [5, 5.41) is 7.84. The fourth-order valence-corrected chi connectivity index (χ4v) is 3.41. The molecule has 0 spiro atoms. The van der Waals surface area contributed by atoms with Crippen LogP contribution < -0.4 is 10.6 Å². The third kappa shape index (κ3) is 6.58. The lowest BCUT2D eigenvalue weighted by molar-refractivity contribution is 0.506. The van der Waals surface area contributed by atoms with Gasteiger partial charge in [0.25, 0.3) is 0 Å². The summed E-state index contributed by atoms with van der Waals surface area (Å²) in [7, 11) is 0. The van der Waals surface area contributed by atoms with Crippen molar-refractivity contribution in [3.63, 3.8) is 0 Å². The fourth-order valence-electron chi connectivity index (χ4n) is 2.70. The second kappa shape index (κ2) is 10.1. The molecular weight excluding hydrogens is 443 g/mol. The number of halogens is 1. The summed E-state index contributed by atoms with van der Waals surface area (Å²) < 4.78 is 0. The van der Waals surface area contributed by atoms with E-state index in [0.717, 1.165) is 24.1 Å². The van der Waals surface area contributed by atoms with E-state index in [0.29, 0.717) is 6.54 Å². The lowest BCUT2D eigenvalue weighted by Crippen LogP contribution is -2.43. The molecular formula is C19H29IN4S. The number of hydrogen-bond acceptors (Lipinski definition) is 3. The smallest absolute Gasteiger partial charge is 0.191 e. The zero-order valence-corrected chi connectivity index (χ0v) is 18.9. The van der Waals surface area contributed by atoms with Gasteiger partial charge in [0.1, 0.15) is 5.01 Å². The summed E-state index contributed by atoms with van der Waals surface area (Å²) in [4.78, 5) is 10.3. The van der Waals surface area contributed by atoms with Gasteiger partial charge in [0.2, 0.25) is 0 Å². The van der Waals surface area contributed by atoms with Gasteiger partial charge in [-0.05, 0) is 31.9 Å². The summed E-state index contributed by atoms with van der Waals surface area (Å²) >= 11 is 1.70. The first-order valence-electron chi connectivity index (χ1n) is 8.42. The predicted molar refractivity (Wildman–Crippen MR) is 119 cm³/mol. The maximum atomic E-state index is 4.66. The van der Waals surface area contributed by atoms with Gasteiger partial charge in [0, 0.05) is 29.6 Å². The van der Waals surface area contributed by atoms with Crippen LogP contribution >= 0.6 is 35.3 Å². The van der Waals surface area contributed by atoms with Crippen molar-refractivity contribution < 1.29 is 0 Å². The van der Waals surface area contributed by atoms with Crippen LogP contribution in [-0.2, 0) is 12.0 Å². The maximum Gasteiger partial charge on any atom is 0.191 e. The zero-order valence-electron chi connectivity index (χ0n) is 15.7. The van der Waals surface area contributed by atoms with Gasteiger partial charge in [-0.3, -0.25) is 0 Å². The van der Waals surface area contributed by atoms with E-state index in [1.165, 1.54) is 16.0 Å². The van der Waals surface area contributed by atoms with Crippen LogP contribution in [0.5, 0.6) is 0 Å². The number of aliphatic imine (C=N–C) groups is 1. The number of guanidine groups is 1. The van der Waals surface area contributed by atoms with Gasteiger partial charge in [0.15, 0.2) is 5.96 Å². The standard InChI is InChI=1S/C19H28N4S.HI/c1-6-20-18(22-12-17-21-11-15(3)24-17)23-13-19(4,5)16-10-8-7-9-14(16)2;/h7-11H,6,12-13H2,1-5H3,(H2,20,22,23);1H. The minimum atomic E-state index is 0. The van der Waals surface area contributed by atoms with Crippen LogP contribution in [0.3, 0.4) is 0 Å². The first kappa shape index (κ1) is 21.9. The van der Waals surface area contributed by atoms with Crippen LogP contribution in [0.1, 0.15) is 41.8 Å². The van der Waals surface area contributed by atoms with Gasteiger partial charge in [-0.15, -0.1) is 35.3 Å². The van der Waals surface area contributed by atoms with E-state index in [9.17, 15) is 0 Å². The number of hydrogen-bond donors (Lipinski definition) is 2. The minimum absolute atomic E-state index is 0. The van der Waals surface area contributed by atoms with Gasteiger partial charge in [-0.25, -0.2) is 9.98 Å². The number of nitrogens with zero attached hydrogens (tertiary/aromatic N) is 2. The van der Waals surface area contributed by atoms with Crippen molar-refractivity contribution in [2.75, 3.05) is 13.1 Å². The Balaban J connectivity index is 0.00000312. The lowest BCUT2D eigenvalue weighted by atomic mass is 9.82. The summed E-state index contributed by atoms with van der Waals surface area (Å²) in [6.45, 7) is 13.1. The van der Waals surface area contributed by atoms with E-state index in [2.05, 4.69) is 79.5 Å². The average Bonchev–Trinajstić information content (AvgIpc) is 2.96. The third-order valence-electron chi connectivity index (χ3n) is 3.96. The lowest BCUT2D eigenvalue weighted by Gasteiger charge is -2.28. The number of rotatable bonds is 6. The molecule has 0 aliphatic carbocycles. The molecule has 0 radical (unpaired) electrons. The highest BCUT2D eigenvalue weighted by molar-refractivity contribution is 14.0. The van der Waals surface area contributed by atoms with Crippen LogP contribution in [0.25, 0.3) is 0 Å². The van der Waals surface area contributed by atoms with Gasteiger partial charge in [0.05, 0.1) is 6.54 Å². The molecule has 1 aromatic heterocycles. The van der Waals surface area contributed by atoms with E-state index in [4.69, 9.17) is 0 Å². The van der Waals surface area contributed by atoms with E-state index in [1.54, 1.807) is 11.3 Å². The Morgan fingerprint density at radius 2 is 1.92 bits per heavy atom. The van der Waals surface area contributed by atoms with Crippen molar-refractivity contribution in [2.45, 2.75) is 46.6 Å². The monoisotopic (exact) mass is 472 g/mol. The summed E-state index contributed by atoms with van der Waals surface area (Å²) in [6, 6.07) is 8.57. The molecule has 0 aliphatic rings. The van der Waals surface area contributed by atoms with E-state index < -0.39 is 0 Å². The SMILES string of the molecule is CCNC(=NCc1ncc(C)s1)NCC(C)(C)c1ccccc1C.I. The molecule has 0 aliphatic heterocycles. The minimum Gasteiger partial charge on any atom is -0.357 e. The first-order chi connectivity index (χ1) is 11.4. The highest BCUT2D eigenvalue weighted by atomic mass is 127. The number of aromatic nitrogens is 1. The average molecular weight is 472 g/mol. The predicted octanol–water partition coefficient (Wildman–Crippen LogP) is 4.41. The number of benzene rings is 1. The van der Waals surface area contributed by atoms with Crippen LogP contribution in [0.4, 0.5) is 0 Å². The van der Waals surface area contributed by atoms with Crippen LogP contribution in [-0.4, -0.2) is 24.0 Å². The molecule has 0 fully saturated rings. The van der Waals surface area contributed by atoms with Crippen molar-refractivity contribution in [1.29, 1.82) is 0 Å². The fraction of sp³-hybridized carbons (Fsp3) is 0.474. The van der Waals surface area contributed by atoms with E-state index in [1.807, 2.05) is 6.20 Å². The van der Waals surface area contributed by atoms with Crippen molar-refractivity contribution in [2.24, 2.45) is 4.99 Å². The van der Waals surface area contributed by atoms with Crippen LogP contribution in [0.15, 0.2) is 35.5 Å². The molecule has 6 heteroatoms. The second-order valence-corrected chi connectivity index (χ2v) is 7.93. The molecule has 0 unspecified atom stereocenters. The Bertz CT molecular complexity index is 694. The molecule has 2 rings (SSSR count). The molecule has 1 aromatic carbocycles. The van der Waals surface area contributed by atoms with Crippen LogP contribution in [0, 0.1) is 13.8 Å². The number of aryl methyl sites for hydroxylation is 2. The number of thiazole rings is 1. The molecule has 138 valence electrons. The van der Waals surface area contributed by atoms with Gasteiger partial charge in [-0.2, -0.15) is 0 Å². The highest BCUT2D eigenvalue weighted by Crippen LogP contribution is 2.25. The quantitative estimate of drug-likeness (QED) is 0.372. The molecule has 1 heterocycles. The summed E-state index contributed by atoms with van der Waals surface area (Å²) in [6.07, 6.45) is 1.90. The molecule has 0 saturated heterocycles. The Kier molecular flexibility index (Phi) is 8.85. The summed E-state index contributed by atoms with van der Waals surface area (Å²) in [5.74, 6) is 0.840. The Hall–Kier alpha value is -1.15. The Morgan fingerprint density at radius 3 is 2.52 bits per heavy atom. The Labute approximate surface area is 172 Å². The molecule has 0 amide bonds. The molecule has 0 atom stereocenters. The molecule has 0 saturated carbocycles. The van der Waals surface area contributed by atoms with E-state index >= 15 is 0 Å². The van der Waals surface area contributed by atoms with Gasteiger partial charge >= 0.3 is 0 Å². The molecule has 4 nitrogen and oxygen atoms in total. The first-order valence-corrected chi connectivity index (χ1v) is 9.23. The molecule has 25 heavy (non-hydrogen) atoms. The zero-order chi connectivity index (χ0) is 17.6. The highest BCUT2D eigenvalue weighted by Gasteiger charge is 2.22. The normalized spacial score (nSPS) is 11.8. The van der Waals surface area contributed by atoms with E-state index in [-0.39, 0.29) is 29.4 Å². The van der Waals surface area contributed by atoms with Crippen molar-refractivity contribution in [3.8, 4) is 0 Å². The molecule has 2 aromatic rings. The van der Waals surface area contributed by atoms with Crippen molar-refractivity contribution >= 4 is 41.3 Å². The topological polar surface area (TPSA) is 49.3 Å². The maximum absolute atomic E-state index is 4.66. The van der Waals surface area contributed by atoms with Crippen LogP contribution in [0.2, 0.25) is 0 Å². The third-order valence-corrected chi connectivity index (χ3v) is 4.86. The van der Waals surface area contributed by atoms with Crippen molar-refractivity contribution in [3.05, 3.63) is 51.5 Å². The van der Waals surface area contributed by atoms with Gasteiger partial charge in [-0.1, -0.05) is 38.1 Å². The van der Waals surface area contributed by atoms with Crippen molar-refractivity contribution in [1.82, 2.24) is 15.6 Å². The number of nitrogens with one attached hydrogen (secondary N) is 2. The molecule has 0 bridgehead atoms. The molecule has 2 N–H and O–H groups in total. The summed E-state index contributed by atoms with van der Waals surface area (Å²) in [5.41, 5.74) is 2.72.